The molecule has 1 aromatic heterocycles. The number of rotatable bonds is 7. The molecule has 3 heteroatoms. The summed E-state index contributed by atoms with van der Waals surface area (Å²) in [7, 11) is 0. The van der Waals surface area contributed by atoms with Gasteiger partial charge in [-0.1, -0.05) is 38.0 Å². The van der Waals surface area contributed by atoms with E-state index in [-0.39, 0.29) is 11.9 Å². The number of hydrogen-bond acceptors (Lipinski definition) is 2. The first-order valence-electron chi connectivity index (χ1n) is 7.25. The van der Waals surface area contributed by atoms with Gasteiger partial charge in [-0.05, 0) is 42.5 Å². The predicted octanol–water partition coefficient (Wildman–Crippen LogP) is 5.47. The average molecular weight is 291 g/mol. The second kappa shape index (κ2) is 7.55. The van der Waals surface area contributed by atoms with Crippen LogP contribution in [-0.4, -0.2) is 0 Å². The molecule has 0 aliphatic heterocycles. The third-order valence-corrected chi connectivity index (χ3v) is 4.59. The molecule has 1 unspecified atom stereocenters. The second-order valence-electron chi connectivity index (χ2n) is 5.15. The summed E-state index contributed by atoms with van der Waals surface area (Å²) in [6, 6.07) is 11.7. The van der Waals surface area contributed by atoms with Crippen LogP contribution < -0.4 is 5.32 Å². The molecule has 1 aromatic carbocycles. The van der Waals surface area contributed by atoms with E-state index in [0.29, 0.717) is 6.04 Å². The number of benzene rings is 1. The molecule has 2 aromatic rings. The van der Waals surface area contributed by atoms with Crippen LogP contribution in [0.25, 0.3) is 0 Å². The van der Waals surface area contributed by atoms with Gasteiger partial charge >= 0.3 is 0 Å². The van der Waals surface area contributed by atoms with Gasteiger partial charge in [-0.25, -0.2) is 4.39 Å². The lowest BCUT2D eigenvalue weighted by atomic mass is 10.00. The van der Waals surface area contributed by atoms with Crippen molar-refractivity contribution in [2.24, 2.45) is 0 Å². The SMILES string of the molecule is CCCCC(N[C@H](C)c1cccs1)c1ccc(F)cc1. The standard InChI is InChI=1S/C17H22FNS/c1-3-4-6-16(14-8-10-15(18)11-9-14)19-13(2)17-7-5-12-20-17/h5,7-13,16,19H,3-4,6H2,1-2H3/t13-,16?/m1/s1. The minimum Gasteiger partial charge on any atom is -0.303 e. The van der Waals surface area contributed by atoms with Crippen molar-refractivity contribution in [3.8, 4) is 0 Å². The number of hydrogen-bond donors (Lipinski definition) is 1. The van der Waals surface area contributed by atoms with Crippen LogP contribution in [0, 0.1) is 5.82 Å². The van der Waals surface area contributed by atoms with Crippen molar-refractivity contribution in [2.45, 2.75) is 45.2 Å². The van der Waals surface area contributed by atoms with E-state index in [9.17, 15) is 4.39 Å². The average Bonchev–Trinajstić information content (AvgIpc) is 2.98. The van der Waals surface area contributed by atoms with Crippen molar-refractivity contribution in [3.63, 3.8) is 0 Å². The van der Waals surface area contributed by atoms with Crippen molar-refractivity contribution in [2.75, 3.05) is 0 Å². The maximum absolute atomic E-state index is 13.1. The predicted molar refractivity (Wildman–Crippen MR) is 84.5 cm³/mol. The van der Waals surface area contributed by atoms with Crippen molar-refractivity contribution < 1.29 is 4.39 Å². The Balaban J connectivity index is 2.08. The van der Waals surface area contributed by atoms with Crippen LogP contribution in [0.5, 0.6) is 0 Å². The molecule has 0 aliphatic rings. The summed E-state index contributed by atoms with van der Waals surface area (Å²) < 4.78 is 13.1. The van der Waals surface area contributed by atoms with Crippen molar-refractivity contribution in [3.05, 3.63) is 58.0 Å². The summed E-state index contributed by atoms with van der Waals surface area (Å²) in [5.41, 5.74) is 1.17. The highest BCUT2D eigenvalue weighted by atomic mass is 32.1. The Labute approximate surface area is 124 Å². The molecule has 0 aliphatic carbocycles. The van der Waals surface area contributed by atoms with Gasteiger partial charge in [0, 0.05) is 17.0 Å². The monoisotopic (exact) mass is 291 g/mol. The highest BCUT2D eigenvalue weighted by molar-refractivity contribution is 7.10. The Morgan fingerprint density at radius 1 is 1.20 bits per heavy atom. The minimum absolute atomic E-state index is 0.172. The summed E-state index contributed by atoms with van der Waals surface area (Å²) >= 11 is 1.77. The molecule has 2 atom stereocenters. The fraction of sp³-hybridized carbons (Fsp3) is 0.412. The van der Waals surface area contributed by atoms with E-state index in [1.807, 2.05) is 12.1 Å². The minimum atomic E-state index is -0.172. The van der Waals surface area contributed by atoms with Crippen LogP contribution in [0.4, 0.5) is 4.39 Å². The van der Waals surface area contributed by atoms with Gasteiger partial charge in [-0.2, -0.15) is 0 Å². The number of nitrogens with one attached hydrogen (secondary N) is 1. The van der Waals surface area contributed by atoms with Crippen molar-refractivity contribution >= 4 is 11.3 Å². The first-order valence-corrected chi connectivity index (χ1v) is 8.13. The molecule has 0 radical (unpaired) electrons. The van der Waals surface area contributed by atoms with Crippen LogP contribution in [-0.2, 0) is 0 Å². The van der Waals surface area contributed by atoms with Crippen LogP contribution >= 0.6 is 11.3 Å². The number of halogens is 1. The summed E-state index contributed by atoms with van der Waals surface area (Å²) in [6.07, 6.45) is 3.43. The van der Waals surface area contributed by atoms with Crippen LogP contribution in [0.3, 0.4) is 0 Å². The summed E-state index contributed by atoms with van der Waals surface area (Å²) in [5.74, 6) is -0.172. The molecule has 0 amide bonds. The van der Waals surface area contributed by atoms with Gasteiger partial charge in [0.1, 0.15) is 5.82 Å². The van der Waals surface area contributed by atoms with Gasteiger partial charge in [-0.15, -0.1) is 11.3 Å². The maximum Gasteiger partial charge on any atom is 0.123 e. The first kappa shape index (κ1) is 15.2. The maximum atomic E-state index is 13.1. The molecule has 0 saturated heterocycles. The van der Waals surface area contributed by atoms with E-state index in [4.69, 9.17) is 0 Å². The second-order valence-corrected chi connectivity index (χ2v) is 6.13. The van der Waals surface area contributed by atoms with Gasteiger partial charge in [0.15, 0.2) is 0 Å². The molecule has 1 nitrogen and oxygen atoms in total. The molecule has 20 heavy (non-hydrogen) atoms. The van der Waals surface area contributed by atoms with E-state index in [2.05, 4.69) is 36.7 Å². The Bertz CT molecular complexity index is 492. The molecule has 0 bridgehead atoms. The molecule has 1 N–H and O–H groups in total. The van der Waals surface area contributed by atoms with Gasteiger partial charge in [0.25, 0.3) is 0 Å². The van der Waals surface area contributed by atoms with Crippen LogP contribution in [0.1, 0.15) is 55.6 Å². The summed E-state index contributed by atoms with van der Waals surface area (Å²) in [5, 5.41) is 5.78. The lowest BCUT2D eigenvalue weighted by Gasteiger charge is -2.23. The van der Waals surface area contributed by atoms with Gasteiger partial charge in [-0.3, -0.25) is 0 Å². The van der Waals surface area contributed by atoms with E-state index >= 15 is 0 Å². The fourth-order valence-electron chi connectivity index (χ4n) is 2.37. The topological polar surface area (TPSA) is 12.0 Å². The third kappa shape index (κ3) is 4.15. The Hall–Kier alpha value is -1.19. The van der Waals surface area contributed by atoms with Gasteiger partial charge in [0.05, 0.1) is 0 Å². The van der Waals surface area contributed by atoms with E-state index < -0.39 is 0 Å². The molecule has 0 saturated carbocycles. The third-order valence-electron chi connectivity index (χ3n) is 3.54. The van der Waals surface area contributed by atoms with Crippen molar-refractivity contribution in [1.29, 1.82) is 0 Å². The zero-order valence-electron chi connectivity index (χ0n) is 12.1. The van der Waals surface area contributed by atoms with Gasteiger partial charge in [0.2, 0.25) is 0 Å². The van der Waals surface area contributed by atoms with Gasteiger partial charge < -0.3 is 5.32 Å². The summed E-state index contributed by atoms with van der Waals surface area (Å²) in [4.78, 5) is 1.34. The molecule has 108 valence electrons. The van der Waals surface area contributed by atoms with Crippen LogP contribution in [0.2, 0.25) is 0 Å². The normalized spacial score (nSPS) is 14.2. The smallest absolute Gasteiger partial charge is 0.123 e. The quantitative estimate of drug-likeness (QED) is 0.713. The zero-order valence-corrected chi connectivity index (χ0v) is 12.9. The lowest BCUT2D eigenvalue weighted by molar-refractivity contribution is 0.434. The fourth-order valence-corrected chi connectivity index (χ4v) is 3.11. The first-order chi connectivity index (χ1) is 9.70. The molecule has 2 rings (SSSR count). The molecule has 0 fully saturated rings. The van der Waals surface area contributed by atoms with E-state index in [1.165, 1.54) is 23.3 Å². The highest BCUT2D eigenvalue weighted by Gasteiger charge is 2.15. The lowest BCUT2D eigenvalue weighted by Crippen LogP contribution is -2.24. The summed E-state index contributed by atoms with van der Waals surface area (Å²) in [6.45, 7) is 4.39. The van der Waals surface area contributed by atoms with E-state index in [1.54, 1.807) is 23.5 Å². The Kier molecular flexibility index (Phi) is 5.74. The number of unbranched alkanes of at least 4 members (excludes halogenated alkanes) is 1. The van der Waals surface area contributed by atoms with Crippen molar-refractivity contribution in [1.82, 2.24) is 5.32 Å². The molecule has 1 heterocycles. The molecular weight excluding hydrogens is 269 g/mol. The largest absolute Gasteiger partial charge is 0.303 e. The number of thiophene rings is 1. The van der Waals surface area contributed by atoms with E-state index in [0.717, 1.165) is 6.42 Å². The Morgan fingerprint density at radius 3 is 2.55 bits per heavy atom. The Morgan fingerprint density at radius 2 is 1.95 bits per heavy atom. The van der Waals surface area contributed by atoms with Crippen LogP contribution in [0.15, 0.2) is 41.8 Å². The zero-order chi connectivity index (χ0) is 14.4. The highest BCUT2D eigenvalue weighted by Crippen LogP contribution is 2.26. The molecular formula is C17H22FNS. The molecule has 0 spiro atoms.